The molecule has 0 unspecified atom stereocenters. The number of carbonyl (C=O) groups excluding carboxylic acids is 1. The van der Waals surface area contributed by atoms with Gasteiger partial charge in [0, 0.05) is 36.2 Å². The Kier molecular flexibility index (Phi) is 8.12. The molecule has 42 heavy (non-hydrogen) atoms. The standard InChI is InChI=1S/C29H29F3N6O4/c1-16(33)26-25(28(39)38-14-11-17(12-15-38)23(37-41-3)20-6-4-5-13-34-20)36-27(42-26)19-7-9-21(40-2)24-18(19)8-10-22(35-24)29(30,31)32/h4-10,13,16-17H,11-12,14-15,33H2,1-3H3/t16-/m1/s1. The van der Waals surface area contributed by atoms with E-state index in [1.54, 1.807) is 24.1 Å². The summed E-state index contributed by atoms with van der Waals surface area (Å²) in [4.78, 5) is 33.1. The Morgan fingerprint density at radius 2 is 1.88 bits per heavy atom. The summed E-state index contributed by atoms with van der Waals surface area (Å²) < 4.78 is 51.4. The minimum atomic E-state index is -4.64. The predicted octanol–water partition coefficient (Wildman–Crippen LogP) is 5.23. The van der Waals surface area contributed by atoms with Crippen LogP contribution in [0.2, 0.25) is 0 Å². The van der Waals surface area contributed by atoms with Crippen molar-refractivity contribution in [3.63, 3.8) is 0 Å². The molecule has 13 heteroatoms. The van der Waals surface area contributed by atoms with Crippen LogP contribution in [0.25, 0.3) is 22.4 Å². The van der Waals surface area contributed by atoms with Crippen LogP contribution in [0.5, 0.6) is 5.75 Å². The van der Waals surface area contributed by atoms with Gasteiger partial charge in [0.05, 0.1) is 18.8 Å². The summed E-state index contributed by atoms with van der Waals surface area (Å²) in [7, 11) is 2.83. The van der Waals surface area contributed by atoms with Crippen LogP contribution in [0.3, 0.4) is 0 Å². The van der Waals surface area contributed by atoms with Crippen molar-refractivity contribution in [3.05, 3.63) is 71.5 Å². The Labute approximate surface area is 239 Å². The van der Waals surface area contributed by atoms with Gasteiger partial charge in [-0.05, 0) is 56.2 Å². The van der Waals surface area contributed by atoms with E-state index in [-0.39, 0.29) is 40.4 Å². The third kappa shape index (κ3) is 5.64. The fraction of sp³-hybridized carbons (Fsp3) is 0.345. The van der Waals surface area contributed by atoms with Gasteiger partial charge in [-0.15, -0.1) is 0 Å². The first-order chi connectivity index (χ1) is 20.1. The fourth-order valence-electron chi connectivity index (χ4n) is 5.06. The van der Waals surface area contributed by atoms with Crippen molar-refractivity contribution >= 4 is 22.5 Å². The van der Waals surface area contributed by atoms with E-state index in [2.05, 4.69) is 20.1 Å². The van der Waals surface area contributed by atoms with Gasteiger partial charge in [0.25, 0.3) is 5.91 Å². The summed E-state index contributed by atoms with van der Waals surface area (Å²) in [6, 6.07) is 10.1. The molecule has 1 saturated heterocycles. The van der Waals surface area contributed by atoms with Gasteiger partial charge >= 0.3 is 6.18 Å². The molecule has 0 saturated carbocycles. The van der Waals surface area contributed by atoms with Gasteiger partial charge in [-0.25, -0.2) is 9.97 Å². The fourth-order valence-corrected chi connectivity index (χ4v) is 5.06. The second-order valence-electron chi connectivity index (χ2n) is 9.87. The first kappa shape index (κ1) is 29.0. The molecule has 5 rings (SSSR count). The number of likely N-dealkylation sites (tertiary alicyclic amines) is 1. The Morgan fingerprint density at radius 3 is 2.50 bits per heavy atom. The number of oxime groups is 1. The average molecular weight is 583 g/mol. The van der Waals surface area contributed by atoms with Gasteiger partial charge < -0.3 is 24.6 Å². The number of piperidine rings is 1. The number of pyridine rings is 2. The number of oxazole rings is 1. The van der Waals surface area contributed by atoms with E-state index in [0.717, 1.165) is 11.8 Å². The number of ether oxygens (including phenoxy) is 1. The maximum absolute atomic E-state index is 13.7. The quantitative estimate of drug-likeness (QED) is 0.232. The second-order valence-corrected chi connectivity index (χ2v) is 9.87. The van der Waals surface area contributed by atoms with E-state index in [4.69, 9.17) is 19.7 Å². The van der Waals surface area contributed by atoms with Gasteiger partial charge in [-0.3, -0.25) is 9.78 Å². The highest BCUT2D eigenvalue weighted by Crippen LogP contribution is 2.37. The zero-order valence-corrected chi connectivity index (χ0v) is 23.2. The van der Waals surface area contributed by atoms with Gasteiger partial charge in [0.15, 0.2) is 11.5 Å². The Bertz CT molecular complexity index is 1610. The maximum atomic E-state index is 13.7. The molecule has 10 nitrogen and oxygen atoms in total. The zero-order valence-electron chi connectivity index (χ0n) is 23.2. The van der Waals surface area contributed by atoms with Crippen LogP contribution in [-0.2, 0) is 11.0 Å². The molecule has 0 spiro atoms. The second kappa shape index (κ2) is 11.8. The summed E-state index contributed by atoms with van der Waals surface area (Å²) in [5, 5.41) is 4.53. The molecule has 1 aliphatic rings. The van der Waals surface area contributed by atoms with Crippen LogP contribution >= 0.6 is 0 Å². The predicted molar refractivity (Wildman–Crippen MR) is 148 cm³/mol. The van der Waals surface area contributed by atoms with Crippen LogP contribution in [0.1, 0.15) is 53.4 Å². The lowest BCUT2D eigenvalue weighted by molar-refractivity contribution is -0.140. The molecule has 0 radical (unpaired) electrons. The molecule has 220 valence electrons. The summed E-state index contributed by atoms with van der Waals surface area (Å²) in [6.45, 7) is 2.52. The van der Waals surface area contributed by atoms with E-state index in [1.165, 1.54) is 26.4 Å². The van der Waals surface area contributed by atoms with Crippen molar-refractivity contribution in [2.75, 3.05) is 27.3 Å². The first-order valence-electron chi connectivity index (χ1n) is 13.3. The highest BCUT2D eigenvalue weighted by atomic mass is 19.4. The van der Waals surface area contributed by atoms with Crippen molar-refractivity contribution in [3.8, 4) is 17.2 Å². The van der Waals surface area contributed by atoms with Crippen LogP contribution < -0.4 is 10.5 Å². The van der Waals surface area contributed by atoms with E-state index in [0.29, 0.717) is 42.6 Å². The van der Waals surface area contributed by atoms with Gasteiger partial charge in [0.1, 0.15) is 29.8 Å². The number of halogens is 3. The number of hydrogen-bond donors (Lipinski definition) is 1. The van der Waals surface area contributed by atoms with Gasteiger partial charge in [0.2, 0.25) is 5.89 Å². The zero-order chi connectivity index (χ0) is 30.0. The number of fused-ring (bicyclic) bond motifs is 1. The number of carbonyl (C=O) groups is 1. The minimum Gasteiger partial charge on any atom is -0.494 e. The van der Waals surface area contributed by atoms with E-state index in [9.17, 15) is 18.0 Å². The number of methoxy groups -OCH3 is 1. The molecule has 0 bridgehead atoms. The number of alkyl halides is 3. The largest absolute Gasteiger partial charge is 0.494 e. The number of rotatable bonds is 7. The Hall–Kier alpha value is -4.52. The number of aromatic nitrogens is 3. The molecule has 1 aliphatic heterocycles. The van der Waals surface area contributed by atoms with Crippen molar-refractivity contribution in [2.45, 2.75) is 32.0 Å². The van der Waals surface area contributed by atoms with Crippen molar-refractivity contribution in [2.24, 2.45) is 16.8 Å². The van der Waals surface area contributed by atoms with Crippen LogP contribution in [0.4, 0.5) is 13.2 Å². The number of benzene rings is 1. The topological polar surface area (TPSA) is 129 Å². The lowest BCUT2D eigenvalue weighted by Gasteiger charge is -2.32. The number of nitrogens with two attached hydrogens (primary N) is 1. The molecule has 2 N–H and O–H groups in total. The van der Waals surface area contributed by atoms with E-state index in [1.807, 2.05) is 18.2 Å². The summed E-state index contributed by atoms with van der Waals surface area (Å²) >= 11 is 0. The molecular weight excluding hydrogens is 553 g/mol. The summed E-state index contributed by atoms with van der Waals surface area (Å²) in [5.74, 6) is 0.0501. The van der Waals surface area contributed by atoms with Crippen molar-refractivity contribution in [1.82, 2.24) is 19.9 Å². The smallest absolute Gasteiger partial charge is 0.433 e. The lowest BCUT2D eigenvalue weighted by Crippen LogP contribution is -2.41. The number of amides is 1. The molecule has 1 atom stereocenters. The van der Waals surface area contributed by atoms with Crippen molar-refractivity contribution in [1.29, 1.82) is 0 Å². The average Bonchev–Trinajstić information content (AvgIpc) is 3.44. The summed E-state index contributed by atoms with van der Waals surface area (Å²) in [6.07, 6.45) is -1.70. The number of hydrogen-bond acceptors (Lipinski definition) is 9. The normalized spacial score (nSPS) is 15.6. The van der Waals surface area contributed by atoms with Gasteiger partial charge in [-0.1, -0.05) is 11.2 Å². The molecule has 1 amide bonds. The molecule has 4 heterocycles. The molecule has 1 fully saturated rings. The van der Waals surface area contributed by atoms with Crippen LogP contribution in [0, 0.1) is 5.92 Å². The Balaban J connectivity index is 1.44. The maximum Gasteiger partial charge on any atom is 0.433 e. The van der Waals surface area contributed by atoms with Crippen molar-refractivity contribution < 1.29 is 32.0 Å². The third-order valence-corrected chi connectivity index (χ3v) is 7.12. The first-order valence-corrected chi connectivity index (χ1v) is 13.3. The SMILES string of the molecule is CON=C(c1ccccn1)C1CCN(C(=O)c2nc(-c3ccc(OC)c4nc(C(F)(F)F)ccc34)oc2[C@@H](C)N)CC1. The highest BCUT2D eigenvalue weighted by molar-refractivity contribution is 6.01. The summed E-state index contributed by atoms with van der Waals surface area (Å²) in [5.41, 5.74) is 6.93. The third-order valence-electron chi connectivity index (χ3n) is 7.12. The monoisotopic (exact) mass is 582 g/mol. The molecule has 4 aromatic rings. The molecule has 3 aromatic heterocycles. The van der Waals surface area contributed by atoms with E-state index < -0.39 is 17.9 Å². The molecular formula is C29H29F3N6O4. The molecule has 0 aliphatic carbocycles. The van der Waals surface area contributed by atoms with E-state index >= 15 is 0 Å². The van der Waals surface area contributed by atoms with Gasteiger partial charge in [-0.2, -0.15) is 13.2 Å². The Morgan fingerprint density at radius 1 is 1.12 bits per heavy atom. The number of nitrogens with zero attached hydrogens (tertiary/aromatic N) is 5. The van der Waals surface area contributed by atoms with Crippen LogP contribution in [-0.4, -0.2) is 58.8 Å². The van der Waals surface area contributed by atoms with Crippen LogP contribution in [0.15, 0.2) is 58.2 Å². The minimum absolute atomic E-state index is 0.0123. The highest BCUT2D eigenvalue weighted by Gasteiger charge is 2.34. The molecule has 1 aromatic carbocycles. The lowest BCUT2D eigenvalue weighted by atomic mass is 9.90.